The molecule has 2 amide bonds. The fraction of sp³-hybridized carbons (Fsp3) is 0.250. The number of nitrogens with one attached hydrogen (secondary N) is 1. The Balaban J connectivity index is 1.42. The molecule has 1 N–H and O–H groups in total. The van der Waals surface area contributed by atoms with Crippen LogP contribution in [0.25, 0.3) is 10.2 Å². The summed E-state index contributed by atoms with van der Waals surface area (Å²) in [4.78, 5) is 31.1. The van der Waals surface area contributed by atoms with Crippen molar-refractivity contribution in [1.29, 1.82) is 0 Å². The Morgan fingerprint density at radius 3 is 2.85 bits per heavy atom. The van der Waals surface area contributed by atoms with Gasteiger partial charge in [-0.25, -0.2) is 4.98 Å². The molecule has 4 rings (SSSR count). The molecule has 27 heavy (non-hydrogen) atoms. The lowest BCUT2D eigenvalue weighted by atomic mass is 10.1. The molecule has 1 atom stereocenters. The monoisotopic (exact) mass is 399 g/mol. The fourth-order valence-corrected chi connectivity index (χ4v) is 4.20. The van der Waals surface area contributed by atoms with Crippen molar-refractivity contribution in [3.8, 4) is 0 Å². The average molecular weight is 400 g/mol. The zero-order chi connectivity index (χ0) is 19.0. The number of anilines is 1. The summed E-state index contributed by atoms with van der Waals surface area (Å²) in [5, 5.41) is 4.57. The Labute approximate surface area is 166 Å². The van der Waals surface area contributed by atoms with Gasteiger partial charge in [-0.15, -0.1) is 11.3 Å². The Morgan fingerprint density at radius 2 is 2.07 bits per heavy atom. The maximum atomic E-state index is 12.5. The molecule has 1 fully saturated rings. The number of nitrogens with zero attached hydrogens (tertiary/aromatic N) is 2. The zero-order valence-corrected chi connectivity index (χ0v) is 16.3. The van der Waals surface area contributed by atoms with Crippen LogP contribution in [-0.2, 0) is 16.1 Å². The maximum absolute atomic E-state index is 12.5. The Bertz CT molecular complexity index is 1020. The number of thiazole rings is 1. The standard InChI is InChI=1S/C20H18ClN3O2S/c1-12-23-17-9-16(6-7-18(17)27-12)24-11-14(8-19(24)25)20(26)22-10-13-2-4-15(21)5-3-13/h2-7,9,14H,8,10-11H2,1H3,(H,22,26). The molecule has 5 nitrogen and oxygen atoms in total. The minimum atomic E-state index is -0.349. The lowest BCUT2D eigenvalue weighted by Crippen LogP contribution is -2.32. The van der Waals surface area contributed by atoms with E-state index in [-0.39, 0.29) is 24.2 Å². The smallest absolute Gasteiger partial charge is 0.227 e. The summed E-state index contributed by atoms with van der Waals surface area (Å²) >= 11 is 7.50. The third-order valence-electron chi connectivity index (χ3n) is 4.67. The number of aromatic nitrogens is 1. The van der Waals surface area contributed by atoms with Crippen molar-refractivity contribution in [3.05, 3.63) is 58.1 Å². The topological polar surface area (TPSA) is 62.3 Å². The van der Waals surface area contributed by atoms with Crippen molar-refractivity contribution in [2.75, 3.05) is 11.4 Å². The molecule has 2 heterocycles. The van der Waals surface area contributed by atoms with Gasteiger partial charge in [0.15, 0.2) is 0 Å². The molecule has 0 spiro atoms. The van der Waals surface area contributed by atoms with Gasteiger partial charge >= 0.3 is 0 Å². The molecule has 0 saturated carbocycles. The highest BCUT2D eigenvalue weighted by molar-refractivity contribution is 7.18. The number of rotatable bonds is 4. The summed E-state index contributed by atoms with van der Waals surface area (Å²) in [7, 11) is 0. The fourth-order valence-electron chi connectivity index (χ4n) is 3.27. The van der Waals surface area contributed by atoms with Gasteiger partial charge in [0.25, 0.3) is 0 Å². The quantitative estimate of drug-likeness (QED) is 0.723. The van der Waals surface area contributed by atoms with Crippen LogP contribution in [0.5, 0.6) is 0 Å². The number of hydrogen-bond acceptors (Lipinski definition) is 4. The number of benzene rings is 2. The molecule has 7 heteroatoms. The van der Waals surface area contributed by atoms with Gasteiger partial charge in [-0.05, 0) is 42.8 Å². The molecule has 1 unspecified atom stereocenters. The normalized spacial score (nSPS) is 16.9. The van der Waals surface area contributed by atoms with Crippen molar-refractivity contribution in [2.24, 2.45) is 5.92 Å². The lowest BCUT2D eigenvalue weighted by Gasteiger charge is -2.16. The highest BCUT2D eigenvalue weighted by atomic mass is 35.5. The molecule has 2 aromatic carbocycles. The predicted molar refractivity (Wildman–Crippen MR) is 108 cm³/mol. The number of amides is 2. The number of fused-ring (bicyclic) bond motifs is 1. The summed E-state index contributed by atoms with van der Waals surface area (Å²) in [5.74, 6) is -0.489. The van der Waals surface area contributed by atoms with E-state index in [2.05, 4.69) is 10.3 Å². The number of halogens is 1. The van der Waals surface area contributed by atoms with Crippen molar-refractivity contribution in [1.82, 2.24) is 10.3 Å². The maximum Gasteiger partial charge on any atom is 0.227 e. The molecule has 0 aliphatic carbocycles. The van der Waals surface area contributed by atoms with Gasteiger partial charge in [-0.1, -0.05) is 23.7 Å². The van der Waals surface area contributed by atoms with E-state index in [0.29, 0.717) is 18.1 Å². The molecule has 1 aliphatic heterocycles. The first-order valence-corrected chi connectivity index (χ1v) is 9.89. The van der Waals surface area contributed by atoms with Gasteiger partial charge in [0.1, 0.15) is 0 Å². The summed E-state index contributed by atoms with van der Waals surface area (Å²) in [5.41, 5.74) is 2.66. The van der Waals surface area contributed by atoms with E-state index in [1.807, 2.05) is 37.3 Å². The van der Waals surface area contributed by atoms with E-state index in [1.165, 1.54) is 0 Å². The van der Waals surface area contributed by atoms with Gasteiger partial charge in [-0.2, -0.15) is 0 Å². The molecule has 1 aliphatic rings. The number of aryl methyl sites for hydroxylation is 1. The molecule has 0 bridgehead atoms. The number of hydrogen-bond donors (Lipinski definition) is 1. The minimum absolute atomic E-state index is 0.0343. The molecule has 1 saturated heterocycles. The minimum Gasteiger partial charge on any atom is -0.352 e. The van der Waals surface area contributed by atoms with Crippen LogP contribution in [0.15, 0.2) is 42.5 Å². The molecular formula is C20H18ClN3O2S. The summed E-state index contributed by atoms with van der Waals surface area (Å²) < 4.78 is 1.10. The van der Waals surface area contributed by atoms with E-state index in [1.54, 1.807) is 28.4 Å². The van der Waals surface area contributed by atoms with Crippen LogP contribution in [0.3, 0.4) is 0 Å². The van der Waals surface area contributed by atoms with E-state index >= 15 is 0 Å². The predicted octanol–water partition coefficient (Wildman–Crippen LogP) is 3.93. The van der Waals surface area contributed by atoms with Crippen LogP contribution in [0.4, 0.5) is 5.69 Å². The second kappa shape index (κ2) is 7.29. The average Bonchev–Trinajstić information content (AvgIpc) is 3.22. The Kier molecular flexibility index (Phi) is 4.85. The van der Waals surface area contributed by atoms with Gasteiger partial charge < -0.3 is 10.2 Å². The van der Waals surface area contributed by atoms with Crippen molar-refractivity contribution in [3.63, 3.8) is 0 Å². The Morgan fingerprint density at radius 1 is 1.30 bits per heavy atom. The zero-order valence-electron chi connectivity index (χ0n) is 14.7. The van der Waals surface area contributed by atoms with E-state index < -0.39 is 0 Å². The van der Waals surface area contributed by atoms with E-state index in [0.717, 1.165) is 26.5 Å². The van der Waals surface area contributed by atoms with Crippen molar-refractivity contribution >= 4 is 50.7 Å². The van der Waals surface area contributed by atoms with E-state index in [9.17, 15) is 9.59 Å². The highest BCUT2D eigenvalue weighted by Gasteiger charge is 2.35. The first-order valence-electron chi connectivity index (χ1n) is 8.69. The van der Waals surface area contributed by atoms with Gasteiger partial charge in [-0.3, -0.25) is 9.59 Å². The molecule has 1 aromatic heterocycles. The second-order valence-electron chi connectivity index (χ2n) is 6.63. The van der Waals surface area contributed by atoms with Crippen LogP contribution >= 0.6 is 22.9 Å². The molecular weight excluding hydrogens is 382 g/mol. The highest BCUT2D eigenvalue weighted by Crippen LogP contribution is 2.30. The van der Waals surface area contributed by atoms with Crippen LogP contribution in [0.1, 0.15) is 17.0 Å². The van der Waals surface area contributed by atoms with Crippen molar-refractivity contribution in [2.45, 2.75) is 19.9 Å². The summed E-state index contributed by atoms with van der Waals surface area (Å²) in [6, 6.07) is 13.2. The van der Waals surface area contributed by atoms with Gasteiger partial charge in [0.2, 0.25) is 11.8 Å². The van der Waals surface area contributed by atoms with Crippen molar-refractivity contribution < 1.29 is 9.59 Å². The summed E-state index contributed by atoms with van der Waals surface area (Å²) in [6.07, 6.45) is 0.223. The summed E-state index contributed by atoms with van der Waals surface area (Å²) in [6.45, 7) is 2.77. The SMILES string of the molecule is Cc1nc2cc(N3CC(C(=O)NCc4ccc(Cl)cc4)CC3=O)ccc2s1. The first-order chi connectivity index (χ1) is 13.0. The van der Waals surface area contributed by atoms with E-state index in [4.69, 9.17) is 11.6 Å². The Hall–Kier alpha value is -2.44. The molecule has 138 valence electrons. The largest absolute Gasteiger partial charge is 0.352 e. The number of carbonyl (C=O) groups excluding carboxylic acids is 2. The number of carbonyl (C=O) groups is 2. The lowest BCUT2D eigenvalue weighted by molar-refractivity contribution is -0.126. The third kappa shape index (κ3) is 3.82. The third-order valence-corrected chi connectivity index (χ3v) is 5.87. The second-order valence-corrected chi connectivity index (χ2v) is 8.31. The van der Waals surface area contributed by atoms with Crippen LogP contribution in [0.2, 0.25) is 5.02 Å². The van der Waals surface area contributed by atoms with Gasteiger partial charge in [0.05, 0.1) is 21.1 Å². The van der Waals surface area contributed by atoms with Gasteiger partial charge in [0, 0.05) is 30.2 Å². The molecule has 0 radical (unpaired) electrons. The van der Waals surface area contributed by atoms with Crippen LogP contribution in [-0.4, -0.2) is 23.3 Å². The van der Waals surface area contributed by atoms with Crippen LogP contribution in [0, 0.1) is 12.8 Å². The first kappa shape index (κ1) is 17.9. The molecule has 3 aromatic rings. The van der Waals surface area contributed by atoms with Crippen LogP contribution < -0.4 is 10.2 Å².